The van der Waals surface area contributed by atoms with E-state index in [1.54, 1.807) is 4.90 Å². The Bertz CT molecular complexity index is 908. The number of amides is 2. The van der Waals surface area contributed by atoms with Crippen LogP contribution in [0.1, 0.15) is 54.5 Å². The fourth-order valence-electron chi connectivity index (χ4n) is 3.63. The zero-order valence-electron chi connectivity index (χ0n) is 19.7. The minimum atomic E-state index is -0.539. The Kier molecular flexibility index (Phi) is 9.10. The summed E-state index contributed by atoms with van der Waals surface area (Å²) in [6.45, 7) is 12.9. The highest BCUT2D eigenvalue weighted by Gasteiger charge is 2.29. The lowest BCUT2D eigenvalue weighted by atomic mass is 10.1. The van der Waals surface area contributed by atoms with Crippen LogP contribution in [0.5, 0.6) is 5.75 Å². The highest BCUT2D eigenvalue weighted by molar-refractivity contribution is 5.88. The molecule has 1 unspecified atom stereocenters. The maximum absolute atomic E-state index is 13.3. The summed E-state index contributed by atoms with van der Waals surface area (Å²) in [5, 5.41) is 2.94. The first-order chi connectivity index (χ1) is 14.8. The Morgan fingerprint density at radius 2 is 1.74 bits per heavy atom. The summed E-state index contributed by atoms with van der Waals surface area (Å²) in [5.41, 5.74) is 5.37. The minimum Gasteiger partial charge on any atom is -0.483 e. The van der Waals surface area contributed by atoms with E-state index in [2.05, 4.69) is 11.4 Å². The van der Waals surface area contributed by atoms with Crippen LogP contribution in [0.15, 0.2) is 36.4 Å². The third kappa shape index (κ3) is 6.58. The molecule has 5 heteroatoms. The van der Waals surface area contributed by atoms with Crippen LogP contribution in [0.2, 0.25) is 0 Å². The van der Waals surface area contributed by atoms with Crippen molar-refractivity contribution in [3.8, 4) is 5.75 Å². The van der Waals surface area contributed by atoms with Gasteiger partial charge in [-0.05, 0) is 74.4 Å². The van der Waals surface area contributed by atoms with E-state index in [9.17, 15) is 9.59 Å². The number of carbonyl (C=O) groups excluding carboxylic acids is 2. The standard InChI is InChI=1S/C26H36N2O3/c1-7-13-27-26(30)23(8-2)28(16-22-12-10-9-11-19(22)4)25(29)17-31-24-15-18(3)14-20(5)21(24)6/h9-12,14-15,23H,7-8,13,16-17H2,1-6H3,(H,27,30). The Labute approximate surface area is 186 Å². The van der Waals surface area contributed by atoms with Gasteiger partial charge in [0, 0.05) is 13.1 Å². The largest absolute Gasteiger partial charge is 0.483 e. The Balaban J connectivity index is 2.26. The van der Waals surface area contributed by atoms with E-state index in [4.69, 9.17) is 4.74 Å². The molecule has 0 aliphatic rings. The van der Waals surface area contributed by atoms with Crippen LogP contribution in [-0.2, 0) is 16.1 Å². The second-order valence-electron chi connectivity index (χ2n) is 8.16. The SMILES string of the molecule is CCCNC(=O)C(CC)N(Cc1ccccc1C)C(=O)COc1cc(C)cc(C)c1C. The highest BCUT2D eigenvalue weighted by atomic mass is 16.5. The molecule has 0 heterocycles. The van der Waals surface area contributed by atoms with Crippen molar-refractivity contribution in [3.05, 3.63) is 64.2 Å². The molecule has 0 radical (unpaired) electrons. The van der Waals surface area contributed by atoms with E-state index in [0.29, 0.717) is 25.3 Å². The number of benzene rings is 2. The summed E-state index contributed by atoms with van der Waals surface area (Å²) in [7, 11) is 0. The van der Waals surface area contributed by atoms with Crippen LogP contribution in [0.4, 0.5) is 0 Å². The van der Waals surface area contributed by atoms with E-state index in [1.165, 1.54) is 0 Å². The third-order valence-electron chi connectivity index (χ3n) is 5.65. The Morgan fingerprint density at radius 3 is 2.39 bits per heavy atom. The molecule has 0 fully saturated rings. The lowest BCUT2D eigenvalue weighted by molar-refractivity contribution is -0.143. The minimum absolute atomic E-state index is 0.104. The highest BCUT2D eigenvalue weighted by Crippen LogP contribution is 2.24. The number of aryl methyl sites for hydroxylation is 3. The van der Waals surface area contributed by atoms with Crippen molar-refractivity contribution in [1.82, 2.24) is 10.2 Å². The molecule has 2 amide bonds. The molecule has 2 aromatic rings. The third-order valence-corrected chi connectivity index (χ3v) is 5.65. The monoisotopic (exact) mass is 424 g/mol. The molecule has 0 spiro atoms. The normalized spacial score (nSPS) is 11.7. The summed E-state index contributed by atoms with van der Waals surface area (Å²) in [5.74, 6) is 0.402. The molecule has 1 N–H and O–H groups in total. The van der Waals surface area contributed by atoms with Crippen molar-refractivity contribution >= 4 is 11.8 Å². The first-order valence-electron chi connectivity index (χ1n) is 11.1. The fraction of sp³-hybridized carbons (Fsp3) is 0.462. The molecular formula is C26H36N2O3. The fourth-order valence-corrected chi connectivity index (χ4v) is 3.63. The summed E-state index contributed by atoms with van der Waals surface area (Å²) in [6.07, 6.45) is 1.39. The molecule has 0 saturated heterocycles. The van der Waals surface area contributed by atoms with Gasteiger partial charge in [-0.2, -0.15) is 0 Å². The summed E-state index contributed by atoms with van der Waals surface area (Å²) < 4.78 is 5.94. The van der Waals surface area contributed by atoms with Gasteiger partial charge in [0.15, 0.2) is 6.61 Å². The van der Waals surface area contributed by atoms with Gasteiger partial charge in [-0.1, -0.05) is 44.2 Å². The topological polar surface area (TPSA) is 58.6 Å². The number of ether oxygens (including phenoxy) is 1. The molecule has 1 atom stereocenters. The molecule has 168 valence electrons. The van der Waals surface area contributed by atoms with Crippen molar-refractivity contribution in [1.29, 1.82) is 0 Å². The molecule has 2 aromatic carbocycles. The lowest BCUT2D eigenvalue weighted by Crippen LogP contribution is -2.50. The smallest absolute Gasteiger partial charge is 0.261 e. The number of hydrogen-bond donors (Lipinski definition) is 1. The molecule has 0 aliphatic heterocycles. The molecule has 0 saturated carbocycles. The average molecular weight is 425 g/mol. The van der Waals surface area contributed by atoms with Crippen LogP contribution in [0.25, 0.3) is 0 Å². The number of rotatable bonds is 10. The van der Waals surface area contributed by atoms with Crippen LogP contribution in [0, 0.1) is 27.7 Å². The molecule has 0 bridgehead atoms. The van der Waals surface area contributed by atoms with E-state index in [1.807, 2.05) is 71.9 Å². The van der Waals surface area contributed by atoms with Gasteiger partial charge in [-0.3, -0.25) is 9.59 Å². The van der Waals surface area contributed by atoms with Crippen molar-refractivity contribution in [2.24, 2.45) is 0 Å². The maximum atomic E-state index is 13.3. The number of carbonyl (C=O) groups is 2. The van der Waals surface area contributed by atoms with E-state index >= 15 is 0 Å². The molecule has 31 heavy (non-hydrogen) atoms. The van der Waals surface area contributed by atoms with Gasteiger partial charge in [0.05, 0.1) is 0 Å². The first kappa shape index (κ1) is 24.4. The van der Waals surface area contributed by atoms with Crippen LogP contribution in [-0.4, -0.2) is 35.9 Å². The van der Waals surface area contributed by atoms with Crippen LogP contribution >= 0.6 is 0 Å². The van der Waals surface area contributed by atoms with E-state index < -0.39 is 6.04 Å². The summed E-state index contributed by atoms with van der Waals surface area (Å²) in [6, 6.07) is 11.5. The van der Waals surface area contributed by atoms with Gasteiger partial charge in [0.1, 0.15) is 11.8 Å². The molecule has 0 aromatic heterocycles. The number of hydrogen-bond acceptors (Lipinski definition) is 3. The zero-order valence-corrected chi connectivity index (χ0v) is 19.7. The van der Waals surface area contributed by atoms with Gasteiger partial charge >= 0.3 is 0 Å². The number of nitrogens with one attached hydrogen (secondary N) is 1. The predicted octanol–water partition coefficient (Wildman–Crippen LogP) is 4.63. The van der Waals surface area contributed by atoms with E-state index in [-0.39, 0.29) is 18.4 Å². The summed E-state index contributed by atoms with van der Waals surface area (Å²) in [4.78, 5) is 27.8. The summed E-state index contributed by atoms with van der Waals surface area (Å²) >= 11 is 0. The average Bonchev–Trinajstić information content (AvgIpc) is 2.74. The van der Waals surface area contributed by atoms with Gasteiger partial charge < -0.3 is 15.0 Å². The second kappa shape index (κ2) is 11.5. The van der Waals surface area contributed by atoms with Crippen molar-refractivity contribution < 1.29 is 14.3 Å². The van der Waals surface area contributed by atoms with Gasteiger partial charge in [0.25, 0.3) is 5.91 Å². The lowest BCUT2D eigenvalue weighted by Gasteiger charge is -2.31. The molecule has 2 rings (SSSR count). The van der Waals surface area contributed by atoms with E-state index in [0.717, 1.165) is 34.2 Å². The van der Waals surface area contributed by atoms with Crippen molar-refractivity contribution in [2.75, 3.05) is 13.2 Å². The van der Waals surface area contributed by atoms with Gasteiger partial charge in [-0.15, -0.1) is 0 Å². The Morgan fingerprint density at radius 1 is 1.03 bits per heavy atom. The molecule has 5 nitrogen and oxygen atoms in total. The van der Waals surface area contributed by atoms with Crippen molar-refractivity contribution in [3.63, 3.8) is 0 Å². The first-order valence-corrected chi connectivity index (χ1v) is 11.1. The van der Waals surface area contributed by atoms with Crippen molar-refractivity contribution in [2.45, 2.75) is 67.0 Å². The number of nitrogens with zero attached hydrogens (tertiary/aromatic N) is 1. The van der Waals surface area contributed by atoms with Gasteiger partial charge in [0.2, 0.25) is 5.91 Å². The van der Waals surface area contributed by atoms with Crippen LogP contribution < -0.4 is 10.1 Å². The predicted molar refractivity (Wildman–Crippen MR) is 125 cm³/mol. The molecular weight excluding hydrogens is 388 g/mol. The molecule has 0 aliphatic carbocycles. The second-order valence-corrected chi connectivity index (χ2v) is 8.16. The quantitative estimate of drug-likeness (QED) is 0.605. The van der Waals surface area contributed by atoms with Gasteiger partial charge in [-0.25, -0.2) is 0 Å². The maximum Gasteiger partial charge on any atom is 0.261 e. The zero-order chi connectivity index (χ0) is 23.0. The Hall–Kier alpha value is -2.82. The van der Waals surface area contributed by atoms with Crippen LogP contribution in [0.3, 0.4) is 0 Å².